The van der Waals surface area contributed by atoms with Crippen molar-refractivity contribution in [2.24, 2.45) is 7.05 Å². The number of aryl methyl sites for hydroxylation is 2. The van der Waals surface area contributed by atoms with Gasteiger partial charge in [-0.3, -0.25) is 13.9 Å². The van der Waals surface area contributed by atoms with Gasteiger partial charge in [-0.2, -0.15) is 16.7 Å². The van der Waals surface area contributed by atoms with Gasteiger partial charge >= 0.3 is 5.69 Å². The molecular formula is C31H39ClN6O4S. The van der Waals surface area contributed by atoms with Crippen LogP contribution in [-0.2, 0) is 7.05 Å². The van der Waals surface area contributed by atoms with Crippen molar-refractivity contribution in [1.29, 1.82) is 0 Å². The second kappa shape index (κ2) is 13.1. The van der Waals surface area contributed by atoms with Crippen LogP contribution in [0.25, 0.3) is 21.8 Å². The predicted molar refractivity (Wildman–Crippen MR) is 177 cm³/mol. The number of aromatic nitrogens is 4. The summed E-state index contributed by atoms with van der Waals surface area (Å²) in [5.74, 6) is 5.02. The fraction of sp³-hybridized carbons (Fsp3) is 0.484. The molecule has 230 valence electrons. The number of rotatable bonds is 7. The zero-order valence-corrected chi connectivity index (χ0v) is 26.8. The van der Waals surface area contributed by atoms with Crippen LogP contribution in [0, 0.1) is 6.92 Å². The van der Waals surface area contributed by atoms with E-state index in [9.17, 15) is 9.59 Å². The van der Waals surface area contributed by atoms with Crippen LogP contribution in [0.2, 0.25) is 0 Å². The predicted octanol–water partition coefficient (Wildman–Crippen LogP) is 4.57. The summed E-state index contributed by atoms with van der Waals surface area (Å²) in [7, 11) is 1.74. The Labute approximate surface area is 261 Å². The molecule has 2 saturated heterocycles. The summed E-state index contributed by atoms with van der Waals surface area (Å²) in [6.45, 7) is 10.1. The molecule has 6 rings (SSSR count). The molecule has 2 aromatic carbocycles. The number of hydrogen-bond donors (Lipinski definition) is 0. The number of piperidine rings is 1. The number of fused-ring (bicyclic) bond motifs is 2. The van der Waals surface area contributed by atoms with E-state index in [1.807, 2.05) is 62.9 Å². The zero-order valence-electron chi connectivity index (χ0n) is 25.2. The first-order chi connectivity index (χ1) is 20.4. The van der Waals surface area contributed by atoms with Gasteiger partial charge in [-0.1, -0.05) is 11.6 Å². The number of benzene rings is 2. The minimum Gasteiger partial charge on any atom is -0.490 e. The van der Waals surface area contributed by atoms with E-state index in [-0.39, 0.29) is 29.7 Å². The lowest BCUT2D eigenvalue weighted by Crippen LogP contribution is -2.45. The first-order valence-corrected chi connectivity index (χ1v) is 16.0. The Bertz CT molecular complexity index is 1750. The summed E-state index contributed by atoms with van der Waals surface area (Å²) in [6, 6.07) is 9.43. The monoisotopic (exact) mass is 626 g/mol. The highest BCUT2D eigenvalue weighted by Crippen LogP contribution is 2.38. The Kier molecular flexibility index (Phi) is 9.41. The Balaban J connectivity index is 0.00000368. The van der Waals surface area contributed by atoms with E-state index < -0.39 is 0 Å². The molecule has 2 aliphatic heterocycles. The summed E-state index contributed by atoms with van der Waals surface area (Å²) in [6.07, 6.45) is 1.31. The van der Waals surface area contributed by atoms with Gasteiger partial charge < -0.3 is 19.3 Å². The molecule has 10 nitrogen and oxygen atoms in total. The maximum atomic E-state index is 13.6. The number of nitrogens with zero attached hydrogens (tertiary/aromatic N) is 6. The molecule has 0 bridgehead atoms. The van der Waals surface area contributed by atoms with Gasteiger partial charge in [0, 0.05) is 62.2 Å². The molecule has 2 aliphatic rings. The van der Waals surface area contributed by atoms with Crippen molar-refractivity contribution in [3.8, 4) is 11.5 Å². The van der Waals surface area contributed by atoms with Gasteiger partial charge in [-0.25, -0.2) is 9.78 Å². The molecule has 12 heteroatoms. The maximum absolute atomic E-state index is 13.6. The zero-order chi connectivity index (χ0) is 29.4. The van der Waals surface area contributed by atoms with Crippen LogP contribution in [0.15, 0.2) is 39.9 Å². The van der Waals surface area contributed by atoms with Crippen LogP contribution in [0.4, 0.5) is 11.8 Å². The van der Waals surface area contributed by atoms with E-state index >= 15 is 0 Å². The van der Waals surface area contributed by atoms with E-state index in [1.165, 1.54) is 4.57 Å². The smallest absolute Gasteiger partial charge is 0.331 e. The Morgan fingerprint density at radius 2 is 1.56 bits per heavy atom. The summed E-state index contributed by atoms with van der Waals surface area (Å²) < 4.78 is 14.9. The lowest BCUT2D eigenvalue weighted by Gasteiger charge is -2.35. The van der Waals surface area contributed by atoms with Crippen molar-refractivity contribution in [2.45, 2.75) is 39.7 Å². The topological polar surface area (TPSA) is 94.7 Å². The third kappa shape index (κ3) is 5.89. The van der Waals surface area contributed by atoms with Crippen molar-refractivity contribution in [1.82, 2.24) is 19.1 Å². The second-order valence-corrected chi connectivity index (χ2v) is 12.1. The fourth-order valence-electron chi connectivity index (χ4n) is 6.04. The number of hydrogen-bond acceptors (Lipinski definition) is 9. The van der Waals surface area contributed by atoms with Crippen molar-refractivity contribution in [3.05, 3.63) is 56.7 Å². The minimum absolute atomic E-state index is 0. The van der Waals surface area contributed by atoms with Gasteiger partial charge in [-0.15, -0.1) is 12.4 Å². The van der Waals surface area contributed by atoms with Gasteiger partial charge in [0.2, 0.25) is 5.95 Å². The normalized spacial score (nSPS) is 16.0. The molecule has 0 amide bonds. The van der Waals surface area contributed by atoms with Crippen LogP contribution in [-0.4, -0.2) is 70.0 Å². The third-order valence-electron chi connectivity index (χ3n) is 8.21. The molecule has 0 unspecified atom stereocenters. The number of ether oxygens (including phenoxy) is 2. The van der Waals surface area contributed by atoms with Crippen LogP contribution >= 0.6 is 24.2 Å². The van der Waals surface area contributed by atoms with Gasteiger partial charge in [0.25, 0.3) is 5.56 Å². The molecule has 4 aromatic rings. The number of halogens is 1. The van der Waals surface area contributed by atoms with Crippen LogP contribution in [0.3, 0.4) is 0 Å². The van der Waals surface area contributed by atoms with E-state index in [0.29, 0.717) is 61.5 Å². The molecule has 43 heavy (non-hydrogen) atoms. The molecule has 0 N–H and O–H groups in total. The molecule has 2 aromatic heterocycles. The fourth-order valence-corrected chi connectivity index (χ4v) is 6.95. The lowest BCUT2D eigenvalue weighted by molar-refractivity contribution is 0.288. The summed E-state index contributed by atoms with van der Waals surface area (Å²) in [4.78, 5) is 41.6. The van der Waals surface area contributed by atoms with Gasteiger partial charge in [0.1, 0.15) is 5.82 Å². The molecule has 4 heterocycles. The third-order valence-corrected chi connectivity index (χ3v) is 9.15. The summed E-state index contributed by atoms with van der Waals surface area (Å²) >= 11 is 1.95. The van der Waals surface area contributed by atoms with Crippen LogP contribution in [0.1, 0.15) is 38.3 Å². The second-order valence-electron chi connectivity index (χ2n) is 10.9. The van der Waals surface area contributed by atoms with E-state index in [1.54, 1.807) is 11.6 Å². The average molecular weight is 627 g/mol. The van der Waals surface area contributed by atoms with Gasteiger partial charge in [0.05, 0.1) is 29.6 Å². The van der Waals surface area contributed by atoms with E-state index in [4.69, 9.17) is 19.4 Å². The van der Waals surface area contributed by atoms with Crippen molar-refractivity contribution in [3.63, 3.8) is 0 Å². The van der Waals surface area contributed by atoms with Gasteiger partial charge in [0.15, 0.2) is 11.5 Å². The number of thioether (sulfide) groups is 1. The highest BCUT2D eigenvalue weighted by Gasteiger charge is 2.28. The lowest BCUT2D eigenvalue weighted by atomic mass is 10.0. The SMILES string of the molecule is CCOc1cc2nc(N3CCSCC3)nc(N3CCC(n4c(=O)c5cc(C)ccc5n(C)c4=O)CC3)c2cc1OCC.Cl. The van der Waals surface area contributed by atoms with Crippen molar-refractivity contribution < 1.29 is 9.47 Å². The summed E-state index contributed by atoms with van der Waals surface area (Å²) in [5, 5.41) is 1.49. The molecule has 0 saturated carbocycles. The Morgan fingerprint density at radius 1 is 0.884 bits per heavy atom. The van der Waals surface area contributed by atoms with E-state index in [2.05, 4.69) is 9.80 Å². The standard InChI is InChI=1S/C31H38N6O4S.ClH/c1-5-40-26-18-22-24(19-27(26)41-6-2)32-30(36-13-15-42-16-14-36)33-28(22)35-11-9-21(10-12-35)37-29(38)23-17-20(3)7-8-25(23)34(4)31(37)39;/h7-8,17-19,21H,5-6,9-16H2,1-4H3;1H. The molecule has 0 spiro atoms. The number of anilines is 2. The highest BCUT2D eigenvalue weighted by molar-refractivity contribution is 7.99. The maximum Gasteiger partial charge on any atom is 0.331 e. The quantitative estimate of drug-likeness (QED) is 0.292. The molecule has 0 aliphatic carbocycles. The first-order valence-electron chi connectivity index (χ1n) is 14.8. The Hall–Kier alpha value is -3.44. The van der Waals surface area contributed by atoms with Crippen molar-refractivity contribution in [2.75, 3.05) is 60.7 Å². The average Bonchev–Trinajstić information content (AvgIpc) is 3.01. The minimum atomic E-state index is -0.266. The van der Waals surface area contributed by atoms with Gasteiger partial charge in [-0.05, 0) is 51.8 Å². The molecule has 2 fully saturated rings. The molecule has 0 radical (unpaired) electrons. The molecule has 0 atom stereocenters. The van der Waals surface area contributed by atoms with Crippen molar-refractivity contribution >= 4 is 57.7 Å². The Morgan fingerprint density at radius 3 is 2.23 bits per heavy atom. The van der Waals surface area contributed by atoms with Crippen LogP contribution < -0.4 is 30.5 Å². The molecular weight excluding hydrogens is 588 g/mol. The summed E-state index contributed by atoms with van der Waals surface area (Å²) in [5.41, 5.74) is 2.00. The highest BCUT2D eigenvalue weighted by atomic mass is 35.5. The largest absolute Gasteiger partial charge is 0.490 e. The van der Waals surface area contributed by atoms with E-state index in [0.717, 1.165) is 52.8 Å². The first kappa shape index (κ1) is 31.0. The van der Waals surface area contributed by atoms with Crippen LogP contribution in [0.5, 0.6) is 11.5 Å².